The standard InChI is InChI=1S/C11H15BrO.C2H6/c1-4-8(2)10-6-5-9(12)7-11(10)13-3;1-2/h5-8H,4H2,1-3H3;1-2H3/t8-;/m0./s1. The van der Waals surface area contributed by atoms with E-state index in [2.05, 4.69) is 41.9 Å². The van der Waals surface area contributed by atoms with Gasteiger partial charge in [-0.05, 0) is 30.0 Å². The largest absolute Gasteiger partial charge is 0.496 e. The Bertz CT molecular complexity index is 284. The third-order valence-corrected chi connectivity index (χ3v) is 2.83. The maximum Gasteiger partial charge on any atom is 0.123 e. The first-order valence-corrected chi connectivity index (χ1v) is 6.31. The van der Waals surface area contributed by atoms with Gasteiger partial charge in [-0.15, -0.1) is 0 Å². The third-order valence-electron chi connectivity index (χ3n) is 2.34. The van der Waals surface area contributed by atoms with Crippen LogP contribution in [0.15, 0.2) is 22.7 Å². The van der Waals surface area contributed by atoms with Crippen LogP contribution in [0.5, 0.6) is 5.75 Å². The van der Waals surface area contributed by atoms with Crippen molar-refractivity contribution in [1.29, 1.82) is 0 Å². The summed E-state index contributed by atoms with van der Waals surface area (Å²) in [6, 6.07) is 6.20. The second-order valence-electron chi connectivity index (χ2n) is 3.20. The number of benzene rings is 1. The van der Waals surface area contributed by atoms with Gasteiger partial charge < -0.3 is 4.74 Å². The van der Waals surface area contributed by atoms with Crippen LogP contribution in [0, 0.1) is 0 Å². The SMILES string of the molecule is CC.CC[C@H](C)c1ccc(Br)cc1OC. The quantitative estimate of drug-likeness (QED) is 0.753. The molecule has 0 aromatic heterocycles. The Morgan fingerprint density at radius 3 is 2.40 bits per heavy atom. The lowest BCUT2D eigenvalue weighted by Gasteiger charge is -2.13. The van der Waals surface area contributed by atoms with E-state index < -0.39 is 0 Å². The van der Waals surface area contributed by atoms with Crippen molar-refractivity contribution in [3.05, 3.63) is 28.2 Å². The summed E-state index contributed by atoms with van der Waals surface area (Å²) in [6.45, 7) is 8.40. The molecule has 1 atom stereocenters. The Labute approximate surface area is 102 Å². The molecule has 0 aliphatic carbocycles. The van der Waals surface area contributed by atoms with E-state index in [1.807, 2.05) is 19.9 Å². The molecule has 0 fully saturated rings. The maximum absolute atomic E-state index is 5.32. The van der Waals surface area contributed by atoms with E-state index in [1.54, 1.807) is 7.11 Å². The van der Waals surface area contributed by atoms with E-state index >= 15 is 0 Å². The van der Waals surface area contributed by atoms with Gasteiger partial charge in [0, 0.05) is 4.47 Å². The van der Waals surface area contributed by atoms with Gasteiger partial charge in [0.2, 0.25) is 0 Å². The van der Waals surface area contributed by atoms with Crippen molar-refractivity contribution < 1.29 is 4.74 Å². The predicted octanol–water partition coefficient (Wildman–Crippen LogP) is 5.00. The molecule has 15 heavy (non-hydrogen) atoms. The highest BCUT2D eigenvalue weighted by Crippen LogP contribution is 2.30. The minimum absolute atomic E-state index is 0.558. The number of rotatable bonds is 3. The Balaban J connectivity index is 0.000000921. The molecule has 1 rings (SSSR count). The lowest BCUT2D eigenvalue weighted by molar-refractivity contribution is 0.405. The molecule has 0 bridgehead atoms. The molecule has 0 N–H and O–H groups in total. The Kier molecular flexibility index (Phi) is 7.49. The van der Waals surface area contributed by atoms with E-state index in [1.165, 1.54) is 5.56 Å². The van der Waals surface area contributed by atoms with Gasteiger partial charge in [0.1, 0.15) is 5.75 Å². The first-order chi connectivity index (χ1) is 7.19. The van der Waals surface area contributed by atoms with Crippen LogP contribution in [0.2, 0.25) is 0 Å². The summed E-state index contributed by atoms with van der Waals surface area (Å²) in [5.74, 6) is 1.53. The summed E-state index contributed by atoms with van der Waals surface area (Å²) in [6.07, 6.45) is 1.14. The zero-order valence-corrected chi connectivity index (χ0v) is 11.9. The van der Waals surface area contributed by atoms with Crippen molar-refractivity contribution in [3.63, 3.8) is 0 Å². The third kappa shape index (κ3) is 4.25. The van der Waals surface area contributed by atoms with Crippen LogP contribution in [0.4, 0.5) is 0 Å². The molecule has 1 aromatic rings. The molecule has 0 radical (unpaired) electrons. The minimum atomic E-state index is 0.558. The molecule has 0 aliphatic heterocycles. The van der Waals surface area contributed by atoms with Gasteiger partial charge in [0.05, 0.1) is 7.11 Å². The average molecular weight is 273 g/mol. The average Bonchev–Trinajstić information content (AvgIpc) is 2.30. The fourth-order valence-electron chi connectivity index (χ4n) is 1.31. The number of ether oxygens (including phenoxy) is 1. The van der Waals surface area contributed by atoms with Gasteiger partial charge >= 0.3 is 0 Å². The topological polar surface area (TPSA) is 9.23 Å². The van der Waals surface area contributed by atoms with Crippen LogP contribution in [0.3, 0.4) is 0 Å². The summed E-state index contributed by atoms with van der Waals surface area (Å²) in [5, 5.41) is 0. The van der Waals surface area contributed by atoms with E-state index in [9.17, 15) is 0 Å². The van der Waals surface area contributed by atoms with E-state index in [0.29, 0.717) is 5.92 Å². The first kappa shape index (κ1) is 14.5. The minimum Gasteiger partial charge on any atom is -0.496 e. The monoisotopic (exact) mass is 272 g/mol. The molecule has 0 heterocycles. The van der Waals surface area contributed by atoms with Crippen molar-refractivity contribution >= 4 is 15.9 Å². The zero-order valence-electron chi connectivity index (χ0n) is 10.3. The molecule has 0 amide bonds. The Morgan fingerprint density at radius 2 is 1.93 bits per heavy atom. The fraction of sp³-hybridized carbons (Fsp3) is 0.538. The van der Waals surface area contributed by atoms with Gasteiger partial charge in [-0.25, -0.2) is 0 Å². The lowest BCUT2D eigenvalue weighted by Crippen LogP contribution is -1.96. The number of methoxy groups -OCH3 is 1. The number of hydrogen-bond acceptors (Lipinski definition) is 1. The predicted molar refractivity (Wildman–Crippen MR) is 70.7 cm³/mol. The van der Waals surface area contributed by atoms with Crippen LogP contribution >= 0.6 is 15.9 Å². The molecule has 0 aliphatic rings. The summed E-state index contributed by atoms with van der Waals surface area (Å²) in [4.78, 5) is 0. The number of hydrogen-bond donors (Lipinski definition) is 0. The number of halogens is 1. The van der Waals surface area contributed by atoms with E-state index in [0.717, 1.165) is 16.6 Å². The van der Waals surface area contributed by atoms with Crippen LogP contribution < -0.4 is 4.74 Å². The summed E-state index contributed by atoms with van der Waals surface area (Å²) in [7, 11) is 1.72. The highest BCUT2D eigenvalue weighted by molar-refractivity contribution is 9.10. The summed E-state index contributed by atoms with van der Waals surface area (Å²) < 4.78 is 6.39. The second-order valence-corrected chi connectivity index (χ2v) is 4.11. The molecule has 1 aromatic carbocycles. The summed E-state index contributed by atoms with van der Waals surface area (Å²) >= 11 is 3.43. The van der Waals surface area contributed by atoms with Crippen molar-refractivity contribution in [2.45, 2.75) is 40.0 Å². The molecule has 0 saturated heterocycles. The molecular weight excluding hydrogens is 252 g/mol. The van der Waals surface area contributed by atoms with Crippen molar-refractivity contribution in [3.8, 4) is 5.75 Å². The Hall–Kier alpha value is -0.500. The second kappa shape index (κ2) is 7.75. The summed E-state index contributed by atoms with van der Waals surface area (Å²) in [5.41, 5.74) is 1.29. The van der Waals surface area contributed by atoms with Crippen LogP contribution in [0.25, 0.3) is 0 Å². The van der Waals surface area contributed by atoms with Crippen LogP contribution in [-0.2, 0) is 0 Å². The Morgan fingerprint density at radius 1 is 1.33 bits per heavy atom. The molecule has 0 unspecified atom stereocenters. The fourth-order valence-corrected chi connectivity index (χ4v) is 1.65. The maximum atomic E-state index is 5.32. The van der Waals surface area contributed by atoms with Gasteiger partial charge in [-0.3, -0.25) is 0 Å². The van der Waals surface area contributed by atoms with Crippen LogP contribution in [-0.4, -0.2) is 7.11 Å². The van der Waals surface area contributed by atoms with Gasteiger partial charge in [-0.2, -0.15) is 0 Å². The molecule has 2 heteroatoms. The molecule has 0 spiro atoms. The highest BCUT2D eigenvalue weighted by atomic mass is 79.9. The first-order valence-electron chi connectivity index (χ1n) is 5.52. The smallest absolute Gasteiger partial charge is 0.123 e. The molecule has 86 valence electrons. The van der Waals surface area contributed by atoms with Crippen molar-refractivity contribution in [2.24, 2.45) is 0 Å². The van der Waals surface area contributed by atoms with Crippen molar-refractivity contribution in [1.82, 2.24) is 0 Å². The van der Waals surface area contributed by atoms with Gasteiger partial charge in [0.25, 0.3) is 0 Å². The van der Waals surface area contributed by atoms with E-state index in [-0.39, 0.29) is 0 Å². The van der Waals surface area contributed by atoms with Gasteiger partial charge in [-0.1, -0.05) is 49.7 Å². The molecular formula is C13H21BrO. The van der Waals surface area contributed by atoms with Crippen LogP contribution in [0.1, 0.15) is 45.6 Å². The van der Waals surface area contributed by atoms with Crippen molar-refractivity contribution in [2.75, 3.05) is 7.11 Å². The normalized spacial score (nSPS) is 11.3. The highest BCUT2D eigenvalue weighted by Gasteiger charge is 2.09. The van der Waals surface area contributed by atoms with Gasteiger partial charge in [0.15, 0.2) is 0 Å². The van der Waals surface area contributed by atoms with E-state index in [4.69, 9.17) is 4.74 Å². The molecule has 1 nitrogen and oxygen atoms in total. The molecule has 0 saturated carbocycles. The zero-order chi connectivity index (χ0) is 11.8. The lowest BCUT2D eigenvalue weighted by atomic mass is 9.98.